The Labute approximate surface area is 84.3 Å². The van der Waals surface area contributed by atoms with Crippen LogP contribution in [0.2, 0.25) is 0 Å². The van der Waals surface area contributed by atoms with Crippen molar-refractivity contribution in [2.75, 3.05) is 0 Å². The van der Waals surface area contributed by atoms with Crippen molar-refractivity contribution in [1.29, 1.82) is 0 Å². The van der Waals surface area contributed by atoms with Gasteiger partial charge in [0, 0.05) is 11.6 Å². The summed E-state index contributed by atoms with van der Waals surface area (Å²) in [5.41, 5.74) is -0.0252. The number of aliphatic hydroxyl groups excluding tert-OH is 1. The van der Waals surface area contributed by atoms with Crippen molar-refractivity contribution in [3.05, 3.63) is 47.5 Å². The predicted molar refractivity (Wildman–Crippen MR) is 49.1 cm³/mol. The largest absolute Gasteiger partial charge is 0.502 e. The number of aliphatic hydroxyl groups is 1. The molecule has 0 saturated carbocycles. The van der Waals surface area contributed by atoms with Gasteiger partial charge in [0.2, 0.25) is 5.76 Å². The molecule has 0 radical (unpaired) electrons. The second kappa shape index (κ2) is 4.36. The van der Waals surface area contributed by atoms with Crippen molar-refractivity contribution in [1.82, 2.24) is 0 Å². The lowest BCUT2D eigenvalue weighted by molar-refractivity contribution is -0.135. The van der Waals surface area contributed by atoms with Crippen LogP contribution in [0.1, 0.15) is 10.4 Å². The van der Waals surface area contributed by atoms with Crippen LogP contribution in [-0.2, 0) is 4.79 Å². The maximum Gasteiger partial charge on any atom is 0.371 e. The summed E-state index contributed by atoms with van der Waals surface area (Å²) >= 11 is 0. The fraction of sp³-hybridized carbons (Fsp3) is 0. The van der Waals surface area contributed by atoms with E-state index >= 15 is 0 Å². The van der Waals surface area contributed by atoms with Crippen molar-refractivity contribution in [2.45, 2.75) is 0 Å². The molecule has 1 rings (SSSR count). The fourth-order valence-electron chi connectivity index (χ4n) is 0.911. The summed E-state index contributed by atoms with van der Waals surface area (Å²) in [7, 11) is 0. The van der Waals surface area contributed by atoms with E-state index < -0.39 is 23.3 Å². The number of benzene rings is 1. The molecule has 0 heterocycles. The Morgan fingerprint density at radius 1 is 1.27 bits per heavy atom. The Bertz CT molecular complexity index is 437. The van der Waals surface area contributed by atoms with Gasteiger partial charge in [-0.3, -0.25) is 4.79 Å². The minimum absolute atomic E-state index is 0.0252. The van der Waals surface area contributed by atoms with Crippen LogP contribution in [0.15, 0.2) is 36.1 Å². The third-order valence-corrected chi connectivity index (χ3v) is 1.60. The van der Waals surface area contributed by atoms with E-state index in [1.54, 1.807) is 0 Å². The number of rotatable bonds is 3. The molecule has 0 amide bonds. The van der Waals surface area contributed by atoms with Gasteiger partial charge in [-0.15, -0.1) is 0 Å². The van der Waals surface area contributed by atoms with E-state index in [9.17, 15) is 14.0 Å². The first kappa shape index (κ1) is 10.9. The molecule has 0 aliphatic heterocycles. The fourth-order valence-corrected chi connectivity index (χ4v) is 0.911. The number of ketones is 1. The predicted octanol–water partition coefficient (Wildman–Crippen LogP) is 1.53. The molecule has 0 fully saturated rings. The third-order valence-electron chi connectivity index (χ3n) is 1.60. The molecule has 0 saturated heterocycles. The van der Waals surface area contributed by atoms with Gasteiger partial charge in [0.15, 0.2) is 5.78 Å². The first-order chi connectivity index (χ1) is 7.00. The van der Waals surface area contributed by atoms with Crippen molar-refractivity contribution in [2.24, 2.45) is 0 Å². The molecule has 2 N–H and O–H groups in total. The number of aliphatic carboxylic acids is 1. The molecule has 0 aliphatic rings. The van der Waals surface area contributed by atoms with Gasteiger partial charge in [-0.25, -0.2) is 9.18 Å². The molecule has 0 aromatic heterocycles. The number of halogens is 1. The van der Waals surface area contributed by atoms with Crippen LogP contribution >= 0.6 is 0 Å². The maximum absolute atomic E-state index is 12.7. The van der Waals surface area contributed by atoms with Gasteiger partial charge in [-0.1, -0.05) is 12.1 Å². The molecule has 0 aliphatic carbocycles. The summed E-state index contributed by atoms with van der Waals surface area (Å²) in [6.07, 6.45) is 0.525. The Morgan fingerprint density at radius 2 is 1.93 bits per heavy atom. The number of carbonyl (C=O) groups is 2. The molecule has 0 bridgehead atoms. The summed E-state index contributed by atoms with van der Waals surface area (Å²) < 4.78 is 12.7. The highest BCUT2D eigenvalue weighted by Gasteiger charge is 2.09. The summed E-state index contributed by atoms with van der Waals surface area (Å²) in [6.45, 7) is 0. The highest BCUT2D eigenvalue weighted by molar-refractivity contribution is 6.07. The highest BCUT2D eigenvalue weighted by Crippen LogP contribution is 2.06. The van der Waals surface area contributed by atoms with Crippen LogP contribution in [0.5, 0.6) is 0 Å². The summed E-state index contributed by atoms with van der Waals surface area (Å²) in [5, 5.41) is 17.1. The third kappa shape index (κ3) is 2.91. The van der Waals surface area contributed by atoms with Crippen LogP contribution in [0.25, 0.3) is 0 Å². The number of carboxylic acid groups (broad SMARTS) is 1. The van der Waals surface area contributed by atoms with Gasteiger partial charge in [0.05, 0.1) is 0 Å². The molecule has 1 aromatic carbocycles. The molecule has 0 spiro atoms. The van der Waals surface area contributed by atoms with E-state index in [2.05, 4.69) is 0 Å². The minimum Gasteiger partial charge on any atom is -0.502 e. The molecule has 0 atom stereocenters. The molecule has 4 nitrogen and oxygen atoms in total. The van der Waals surface area contributed by atoms with Gasteiger partial charge in [-0.05, 0) is 12.1 Å². The number of hydrogen-bond donors (Lipinski definition) is 2. The van der Waals surface area contributed by atoms with Crippen molar-refractivity contribution >= 4 is 11.8 Å². The minimum atomic E-state index is -1.61. The van der Waals surface area contributed by atoms with E-state index in [1.165, 1.54) is 12.1 Å². The second-order valence-electron chi connectivity index (χ2n) is 2.71. The summed E-state index contributed by atoms with van der Waals surface area (Å²) in [6, 6.07) is 4.73. The lowest BCUT2D eigenvalue weighted by Crippen LogP contribution is -2.04. The second-order valence-corrected chi connectivity index (χ2v) is 2.71. The maximum atomic E-state index is 12.7. The number of hydrogen-bond acceptors (Lipinski definition) is 3. The zero-order chi connectivity index (χ0) is 11.4. The highest BCUT2D eigenvalue weighted by atomic mass is 19.1. The van der Waals surface area contributed by atoms with Crippen molar-refractivity contribution in [3.63, 3.8) is 0 Å². The van der Waals surface area contributed by atoms with Crippen LogP contribution in [0, 0.1) is 5.82 Å². The quantitative estimate of drug-likeness (QED) is 0.450. The Morgan fingerprint density at radius 3 is 2.47 bits per heavy atom. The lowest BCUT2D eigenvalue weighted by Gasteiger charge is -1.96. The Balaban J connectivity index is 2.96. The van der Waals surface area contributed by atoms with Crippen molar-refractivity contribution in [3.8, 4) is 0 Å². The number of allylic oxidation sites excluding steroid dienone is 1. The Hall–Kier alpha value is -2.17. The number of carbonyl (C=O) groups excluding carboxylic acids is 1. The van der Waals surface area contributed by atoms with E-state index in [4.69, 9.17) is 10.2 Å². The van der Waals surface area contributed by atoms with Gasteiger partial charge >= 0.3 is 5.97 Å². The molecular formula is C10H7FO4. The van der Waals surface area contributed by atoms with Crippen molar-refractivity contribution < 1.29 is 24.2 Å². The van der Waals surface area contributed by atoms with Crippen LogP contribution in [0.4, 0.5) is 4.39 Å². The van der Waals surface area contributed by atoms with Crippen LogP contribution in [-0.4, -0.2) is 22.0 Å². The zero-order valence-corrected chi connectivity index (χ0v) is 7.48. The van der Waals surface area contributed by atoms with E-state index in [1.807, 2.05) is 0 Å². The topological polar surface area (TPSA) is 74.6 Å². The van der Waals surface area contributed by atoms with E-state index in [-0.39, 0.29) is 5.56 Å². The molecule has 5 heteroatoms. The summed E-state index contributed by atoms with van der Waals surface area (Å²) in [5.74, 6) is -4.07. The summed E-state index contributed by atoms with van der Waals surface area (Å²) in [4.78, 5) is 21.4. The first-order valence-corrected chi connectivity index (χ1v) is 3.94. The standard InChI is InChI=1S/C10H7FO4/c11-7-3-1-2-6(4-7)8(12)5-9(13)10(14)15/h1-5,13H,(H,14,15)/b9-5+. The monoisotopic (exact) mass is 210 g/mol. The van der Waals surface area contributed by atoms with Crippen LogP contribution in [0.3, 0.4) is 0 Å². The van der Waals surface area contributed by atoms with Gasteiger partial charge in [-0.2, -0.15) is 0 Å². The van der Waals surface area contributed by atoms with E-state index in [0.29, 0.717) is 6.08 Å². The molecular weight excluding hydrogens is 203 g/mol. The first-order valence-electron chi connectivity index (χ1n) is 3.94. The van der Waals surface area contributed by atoms with Gasteiger partial charge in [0.25, 0.3) is 0 Å². The average molecular weight is 210 g/mol. The SMILES string of the molecule is O=C(O)/C(O)=C\C(=O)c1cccc(F)c1. The van der Waals surface area contributed by atoms with E-state index in [0.717, 1.165) is 12.1 Å². The van der Waals surface area contributed by atoms with Gasteiger partial charge < -0.3 is 10.2 Å². The van der Waals surface area contributed by atoms with Crippen LogP contribution < -0.4 is 0 Å². The molecule has 1 aromatic rings. The molecule has 15 heavy (non-hydrogen) atoms. The normalized spacial score (nSPS) is 11.1. The lowest BCUT2D eigenvalue weighted by atomic mass is 10.1. The zero-order valence-electron chi connectivity index (χ0n) is 7.48. The molecule has 78 valence electrons. The van der Waals surface area contributed by atoms with Gasteiger partial charge in [0.1, 0.15) is 5.82 Å². The molecule has 0 unspecified atom stereocenters. The smallest absolute Gasteiger partial charge is 0.371 e. The average Bonchev–Trinajstić information content (AvgIpc) is 2.17. The Kier molecular flexibility index (Phi) is 3.17. The number of carboxylic acids is 1.